The van der Waals surface area contributed by atoms with Gasteiger partial charge in [0.15, 0.2) is 0 Å². The number of nitro groups is 1. The number of hydrogen-bond donors (Lipinski definition) is 1. The van der Waals surface area contributed by atoms with Crippen molar-refractivity contribution < 1.29 is 19.2 Å². The lowest BCUT2D eigenvalue weighted by molar-refractivity contribution is -0.384. The van der Waals surface area contributed by atoms with Crippen LogP contribution in [0.1, 0.15) is 34.3 Å². The second-order valence-electron chi connectivity index (χ2n) is 8.12. The number of furan rings is 1. The zero-order valence-corrected chi connectivity index (χ0v) is 18.4. The molecule has 5 rings (SSSR count). The van der Waals surface area contributed by atoms with Crippen LogP contribution in [0.3, 0.4) is 0 Å². The van der Waals surface area contributed by atoms with Crippen LogP contribution in [0.15, 0.2) is 65.1 Å². The molecule has 170 valence electrons. The molecule has 0 aliphatic carbocycles. The number of carboxylic acids is 1. The van der Waals surface area contributed by atoms with Gasteiger partial charge in [0.05, 0.1) is 21.7 Å². The summed E-state index contributed by atoms with van der Waals surface area (Å²) in [7, 11) is 0. The molecule has 1 aliphatic rings. The largest absolute Gasteiger partial charge is 0.478 e. The number of carbonyl (C=O) groups is 1. The maximum Gasteiger partial charge on any atom is 0.336 e. The summed E-state index contributed by atoms with van der Waals surface area (Å²) >= 11 is 0. The Morgan fingerprint density at radius 3 is 2.76 bits per heavy atom. The second-order valence-corrected chi connectivity index (χ2v) is 8.12. The van der Waals surface area contributed by atoms with Crippen LogP contribution in [0.5, 0.6) is 0 Å². The van der Waals surface area contributed by atoms with Gasteiger partial charge in [-0.25, -0.2) is 9.78 Å². The van der Waals surface area contributed by atoms with Crippen LogP contribution in [0.2, 0.25) is 0 Å². The van der Waals surface area contributed by atoms with E-state index in [-0.39, 0.29) is 11.3 Å². The molecule has 8 heteroatoms. The average molecular weight is 455 g/mol. The monoisotopic (exact) mass is 455 g/mol. The van der Waals surface area contributed by atoms with Gasteiger partial charge in [-0.15, -0.1) is 0 Å². The van der Waals surface area contributed by atoms with Gasteiger partial charge in [-0.3, -0.25) is 15.0 Å². The number of non-ortho nitro benzene ring substituents is 1. The number of carboxylic acid groups (broad SMARTS) is 1. The van der Waals surface area contributed by atoms with Crippen molar-refractivity contribution in [2.75, 3.05) is 13.1 Å². The number of hydrogen-bond acceptors (Lipinski definition) is 6. The highest BCUT2D eigenvalue weighted by molar-refractivity contribution is 6.05. The minimum atomic E-state index is -0.974. The van der Waals surface area contributed by atoms with Crippen LogP contribution in [-0.4, -0.2) is 39.0 Å². The minimum absolute atomic E-state index is 0.00845. The average Bonchev–Trinajstić information content (AvgIpc) is 3.31. The SMILES string of the molecule is CCN1C/C(=C/c2ccc(-c3cccc([N+](=O)[O-])c3)o2)c2nc3ccccc3c(C(=O)O)c2C1. The quantitative estimate of drug-likeness (QED) is 0.313. The number of aromatic nitrogens is 1. The van der Waals surface area contributed by atoms with Crippen molar-refractivity contribution in [3.05, 3.63) is 93.4 Å². The molecule has 0 unspecified atom stereocenters. The lowest BCUT2D eigenvalue weighted by Crippen LogP contribution is -2.31. The van der Waals surface area contributed by atoms with Crippen LogP contribution in [0.25, 0.3) is 33.9 Å². The van der Waals surface area contributed by atoms with Crippen LogP contribution >= 0.6 is 0 Å². The van der Waals surface area contributed by atoms with E-state index in [0.29, 0.717) is 52.3 Å². The number of nitrogens with zero attached hydrogens (tertiary/aromatic N) is 3. The first kappa shape index (κ1) is 21.5. The molecule has 0 bridgehead atoms. The van der Waals surface area contributed by atoms with Crippen molar-refractivity contribution in [2.45, 2.75) is 13.5 Å². The van der Waals surface area contributed by atoms with Crippen molar-refractivity contribution in [2.24, 2.45) is 0 Å². The maximum atomic E-state index is 12.3. The fourth-order valence-electron chi connectivity index (χ4n) is 4.38. The number of rotatable bonds is 5. The third kappa shape index (κ3) is 3.84. The van der Waals surface area contributed by atoms with E-state index in [0.717, 1.165) is 12.1 Å². The molecule has 0 saturated heterocycles. The number of nitro benzene ring substituents is 1. The fourth-order valence-corrected chi connectivity index (χ4v) is 4.38. The van der Waals surface area contributed by atoms with Gasteiger partial charge in [0.25, 0.3) is 5.69 Å². The fraction of sp³-hybridized carbons (Fsp3) is 0.154. The Kier molecular flexibility index (Phi) is 5.43. The molecule has 0 fully saturated rings. The van der Waals surface area contributed by atoms with Gasteiger partial charge < -0.3 is 9.52 Å². The minimum Gasteiger partial charge on any atom is -0.478 e. The van der Waals surface area contributed by atoms with E-state index >= 15 is 0 Å². The molecule has 1 N–H and O–H groups in total. The van der Waals surface area contributed by atoms with Gasteiger partial charge >= 0.3 is 5.97 Å². The van der Waals surface area contributed by atoms with Crippen molar-refractivity contribution >= 4 is 34.2 Å². The maximum absolute atomic E-state index is 12.3. The molecule has 0 radical (unpaired) electrons. The number of fused-ring (bicyclic) bond motifs is 2. The normalized spacial score (nSPS) is 14.9. The van der Waals surface area contributed by atoms with E-state index in [2.05, 4.69) is 4.90 Å². The second kappa shape index (κ2) is 8.57. The van der Waals surface area contributed by atoms with E-state index in [9.17, 15) is 20.0 Å². The van der Waals surface area contributed by atoms with Crippen molar-refractivity contribution in [1.29, 1.82) is 0 Å². The molecule has 0 saturated carbocycles. The highest BCUT2D eigenvalue weighted by Gasteiger charge is 2.28. The number of aromatic carboxylic acids is 1. The van der Waals surface area contributed by atoms with Crippen molar-refractivity contribution in [1.82, 2.24) is 9.88 Å². The topological polar surface area (TPSA) is 110 Å². The Hall–Kier alpha value is -4.30. The molecule has 0 spiro atoms. The van der Waals surface area contributed by atoms with E-state index in [1.54, 1.807) is 30.3 Å². The van der Waals surface area contributed by atoms with Crippen LogP contribution < -0.4 is 0 Å². The summed E-state index contributed by atoms with van der Waals surface area (Å²) in [5.41, 5.74) is 3.72. The highest BCUT2D eigenvalue weighted by atomic mass is 16.6. The standard InChI is InChI=1S/C26H21N3O5/c1-2-28-14-17(13-19-10-11-23(34-19)16-6-5-7-18(12-16)29(32)33)25-21(15-28)24(26(30)31)20-8-3-4-9-22(20)27-25/h3-13H,2,14-15H2,1H3,(H,30,31)/b17-13-. The first-order chi connectivity index (χ1) is 16.4. The molecule has 8 nitrogen and oxygen atoms in total. The third-order valence-corrected chi connectivity index (χ3v) is 6.02. The summed E-state index contributed by atoms with van der Waals surface area (Å²) in [6.07, 6.45) is 1.87. The van der Waals surface area contributed by atoms with Crippen molar-refractivity contribution in [3.63, 3.8) is 0 Å². The Balaban J connectivity index is 1.62. The van der Waals surface area contributed by atoms with Crippen LogP contribution in [0.4, 0.5) is 5.69 Å². The van der Waals surface area contributed by atoms with E-state index in [1.807, 2.05) is 31.2 Å². The highest BCUT2D eigenvalue weighted by Crippen LogP contribution is 2.35. The lowest BCUT2D eigenvalue weighted by Gasteiger charge is -2.30. The van der Waals surface area contributed by atoms with Gasteiger partial charge in [0, 0.05) is 41.7 Å². The summed E-state index contributed by atoms with van der Waals surface area (Å²) in [5.74, 6) is 0.0991. The van der Waals surface area contributed by atoms with E-state index < -0.39 is 10.9 Å². The first-order valence-corrected chi connectivity index (χ1v) is 10.9. The number of pyridine rings is 1. The molecule has 2 aromatic heterocycles. The molecular weight excluding hydrogens is 434 g/mol. The predicted molar refractivity (Wildman–Crippen MR) is 128 cm³/mol. The summed E-state index contributed by atoms with van der Waals surface area (Å²) in [4.78, 5) is 29.9. The van der Waals surface area contributed by atoms with Gasteiger partial charge in [-0.1, -0.05) is 37.3 Å². The number of para-hydroxylation sites is 1. The van der Waals surface area contributed by atoms with Gasteiger partial charge in [-0.05, 0) is 36.4 Å². The summed E-state index contributed by atoms with van der Waals surface area (Å²) in [5, 5.41) is 21.8. The zero-order valence-electron chi connectivity index (χ0n) is 18.4. The van der Waals surface area contributed by atoms with Crippen LogP contribution in [0, 0.1) is 10.1 Å². The Morgan fingerprint density at radius 2 is 2.00 bits per heavy atom. The summed E-state index contributed by atoms with van der Waals surface area (Å²) in [6.45, 7) is 3.88. The van der Waals surface area contributed by atoms with Crippen LogP contribution in [-0.2, 0) is 6.54 Å². The van der Waals surface area contributed by atoms with E-state index in [1.165, 1.54) is 12.1 Å². The van der Waals surface area contributed by atoms with E-state index in [4.69, 9.17) is 9.40 Å². The van der Waals surface area contributed by atoms with Gasteiger partial charge in [0.2, 0.25) is 0 Å². The predicted octanol–water partition coefficient (Wildman–Crippen LogP) is 5.48. The van der Waals surface area contributed by atoms with Gasteiger partial charge in [-0.2, -0.15) is 0 Å². The summed E-state index contributed by atoms with van der Waals surface area (Å²) < 4.78 is 5.99. The Morgan fingerprint density at radius 1 is 1.18 bits per heavy atom. The molecule has 1 aliphatic heterocycles. The smallest absolute Gasteiger partial charge is 0.336 e. The summed E-state index contributed by atoms with van der Waals surface area (Å²) in [6, 6.07) is 17.1. The molecular formula is C26H21N3O5. The molecule has 0 amide bonds. The molecule has 34 heavy (non-hydrogen) atoms. The Bertz CT molecular complexity index is 1470. The Labute approximate surface area is 194 Å². The molecule has 4 aromatic rings. The number of benzene rings is 2. The number of likely N-dealkylation sites (N-methyl/N-ethyl adjacent to an activating group) is 1. The molecule has 3 heterocycles. The van der Waals surface area contributed by atoms with Gasteiger partial charge in [0.1, 0.15) is 11.5 Å². The molecule has 2 aromatic carbocycles. The zero-order chi connectivity index (χ0) is 23.8. The molecule has 0 atom stereocenters. The van der Waals surface area contributed by atoms with Crippen molar-refractivity contribution in [3.8, 4) is 11.3 Å². The lowest BCUT2D eigenvalue weighted by atomic mass is 9.92. The first-order valence-electron chi connectivity index (χ1n) is 10.9. The third-order valence-electron chi connectivity index (χ3n) is 6.02.